The molecule has 0 radical (unpaired) electrons. The second-order valence-corrected chi connectivity index (χ2v) is 11.0. The van der Waals surface area contributed by atoms with E-state index in [2.05, 4.69) is 20.4 Å². The monoisotopic (exact) mass is 497 g/mol. The summed E-state index contributed by atoms with van der Waals surface area (Å²) in [7, 11) is -3.84. The Hall–Kier alpha value is -2.79. The fourth-order valence-electron chi connectivity index (χ4n) is 5.39. The Morgan fingerprint density at radius 1 is 1.11 bits per heavy atom. The highest BCUT2D eigenvalue weighted by atomic mass is 32.2. The second-order valence-electron chi connectivity index (χ2n) is 9.47. The van der Waals surface area contributed by atoms with Gasteiger partial charge in [-0.15, -0.1) is 0 Å². The third-order valence-electron chi connectivity index (χ3n) is 7.31. The van der Waals surface area contributed by atoms with Crippen molar-refractivity contribution in [3.05, 3.63) is 48.0 Å². The summed E-state index contributed by atoms with van der Waals surface area (Å²) in [6.07, 6.45) is 5.76. The average molecular weight is 498 g/mol. The number of ether oxygens (including phenoxy) is 1. The zero-order valence-corrected chi connectivity index (χ0v) is 20.4. The van der Waals surface area contributed by atoms with Gasteiger partial charge >= 0.3 is 0 Å². The molecule has 2 fully saturated rings. The smallest absolute Gasteiger partial charge is 0.251 e. The van der Waals surface area contributed by atoms with Crippen LogP contribution in [0.5, 0.6) is 0 Å². The van der Waals surface area contributed by atoms with Gasteiger partial charge in [0.1, 0.15) is 0 Å². The Morgan fingerprint density at radius 2 is 1.89 bits per heavy atom. The molecule has 0 bridgehead atoms. The van der Waals surface area contributed by atoms with E-state index < -0.39 is 10.0 Å². The number of amides is 1. The maximum atomic E-state index is 13.2. The van der Waals surface area contributed by atoms with E-state index in [4.69, 9.17) is 9.88 Å². The molecule has 0 spiro atoms. The highest BCUT2D eigenvalue weighted by Crippen LogP contribution is 2.34. The Balaban J connectivity index is 1.39. The quantitative estimate of drug-likeness (QED) is 0.480. The number of hydrogen-bond donors (Lipinski definition) is 3. The van der Waals surface area contributed by atoms with Crippen LogP contribution in [0.25, 0.3) is 22.2 Å². The van der Waals surface area contributed by atoms with Crippen LogP contribution in [0, 0.1) is 0 Å². The summed E-state index contributed by atoms with van der Waals surface area (Å²) < 4.78 is 29.1. The first-order valence-electron chi connectivity index (χ1n) is 12.1. The average Bonchev–Trinajstić information content (AvgIpc) is 3.31. The van der Waals surface area contributed by atoms with Crippen LogP contribution in [0.1, 0.15) is 42.5 Å². The summed E-state index contributed by atoms with van der Waals surface area (Å²) in [4.78, 5) is 15.8. The molecule has 0 atom stereocenters. The second kappa shape index (κ2) is 9.69. The van der Waals surface area contributed by atoms with Crippen LogP contribution in [0.3, 0.4) is 0 Å². The molecule has 4 N–H and O–H groups in total. The Labute approximate surface area is 205 Å². The molecule has 2 aliphatic rings. The molecule has 1 saturated carbocycles. The molecule has 10 heteroatoms. The molecule has 5 rings (SSSR count). The number of morpholine rings is 1. The van der Waals surface area contributed by atoms with E-state index in [9.17, 15) is 13.2 Å². The SMILES string of the molecule is NS(=O)(=O)c1cccc(-c2n[nH]c3ccc(C(=O)NCC4(N5CCOCC5)CCCCC4)cc23)c1. The van der Waals surface area contributed by atoms with Crippen LogP contribution >= 0.6 is 0 Å². The zero-order valence-electron chi connectivity index (χ0n) is 19.6. The molecule has 3 aromatic rings. The van der Waals surface area contributed by atoms with Crippen LogP contribution in [-0.4, -0.2) is 67.8 Å². The number of hydrogen-bond acceptors (Lipinski definition) is 6. The third-order valence-corrected chi connectivity index (χ3v) is 8.22. The van der Waals surface area contributed by atoms with Crippen molar-refractivity contribution in [2.75, 3.05) is 32.8 Å². The number of aromatic amines is 1. The molecule has 0 unspecified atom stereocenters. The number of rotatable bonds is 6. The standard InChI is InChI=1S/C25H31N5O4S/c26-35(32,33)20-6-4-5-18(15-20)23-21-16-19(7-8-22(21)28-29-23)24(31)27-17-25(9-2-1-3-10-25)30-11-13-34-14-12-30/h4-8,15-16H,1-3,9-14,17H2,(H,27,31)(H,28,29)(H2,26,32,33). The van der Waals surface area contributed by atoms with E-state index in [1.165, 1.54) is 31.4 Å². The maximum absolute atomic E-state index is 13.2. The van der Waals surface area contributed by atoms with Crippen molar-refractivity contribution >= 4 is 26.8 Å². The lowest BCUT2D eigenvalue weighted by atomic mass is 9.79. The molecule has 1 amide bonds. The number of benzene rings is 2. The highest BCUT2D eigenvalue weighted by molar-refractivity contribution is 7.89. The van der Waals surface area contributed by atoms with E-state index >= 15 is 0 Å². The van der Waals surface area contributed by atoms with Gasteiger partial charge in [0.15, 0.2) is 0 Å². The van der Waals surface area contributed by atoms with Crippen molar-refractivity contribution in [1.29, 1.82) is 0 Å². The Bertz CT molecular complexity index is 1320. The van der Waals surface area contributed by atoms with E-state index in [0.717, 1.165) is 50.0 Å². The van der Waals surface area contributed by atoms with Gasteiger partial charge in [0.05, 0.1) is 29.3 Å². The van der Waals surface area contributed by atoms with Crippen LogP contribution < -0.4 is 10.5 Å². The van der Waals surface area contributed by atoms with Crippen molar-refractivity contribution in [2.45, 2.75) is 42.5 Å². The molecule has 1 aliphatic carbocycles. The van der Waals surface area contributed by atoms with E-state index in [1.807, 2.05) is 6.07 Å². The molecule has 186 valence electrons. The van der Waals surface area contributed by atoms with Gasteiger partial charge < -0.3 is 10.1 Å². The molecule has 9 nitrogen and oxygen atoms in total. The number of aromatic nitrogens is 2. The third kappa shape index (κ3) is 4.97. The molecule has 1 aromatic heterocycles. The lowest BCUT2D eigenvalue weighted by Gasteiger charge is -2.48. The first-order valence-corrected chi connectivity index (χ1v) is 13.6. The van der Waals surface area contributed by atoms with Gasteiger partial charge in [-0.1, -0.05) is 31.4 Å². The normalized spacial score (nSPS) is 19.0. The summed E-state index contributed by atoms with van der Waals surface area (Å²) >= 11 is 0. The molecular weight excluding hydrogens is 466 g/mol. The molecule has 1 saturated heterocycles. The largest absolute Gasteiger partial charge is 0.379 e. The van der Waals surface area contributed by atoms with Gasteiger partial charge in [-0.25, -0.2) is 13.6 Å². The minimum atomic E-state index is -3.84. The number of H-pyrrole nitrogens is 1. The van der Waals surface area contributed by atoms with Crippen molar-refractivity contribution in [3.63, 3.8) is 0 Å². The first-order chi connectivity index (χ1) is 16.9. The Kier molecular flexibility index (Phi) is 6.63. The highest BCUT2D eigenvalue weighted by Gasteiger charge is 2.38. The molecule has 2 heterocycles. The van der Waals surface area contributed by atoms with Crippen molar-refractivity contribution < 1.29 is 17.9 Å². The van der Waals surface area contributed by atoms with Crippen LogP contribution in [0.15, 0.2) is 47.4 Å². The predicted octanol–water partition coefficient (Wildman–Crippen LogP) is 2.64. The number of nitrogens with one attached hydrogen (secondary N) is 2. The molecule has 35 heavy (non-hydrogen) atoms. The fourth-order valence-corrected chi connectivity index (χ4v) is 5.95. The summed E-state index contributed by atoms with van der Waals surface area (Å²) in [5, 5.41) is 16.6. The maximum Gasteiger partial charge on any atom is 0.251 e. The minimum absolute atomic E-state index is 0.0148. The van der Waals surface area contributed by atoms with Gasteiger partial charge in [-0.3, -0.25) is 14.8 Å². The topological polar surface area (TPSA) is 130 Å². The zero-order chi connectivity index (χ0) is 24.5. The van der Waals surface area contributed by atoms with Gasteiger partial charge in [0.2, 0.25) is 10.0 Å². The van der Waals surface area contributed by atoms with Crippen molar-refractivity contribution in [1.82, 2.24) is 20.4 Å². The van der Waals surface area contributed by atoms with Gasteiger partial charge in [0.25, 0.3) is 5.91 Å². The number of carbonyl (C=O) groups excluding carboxylic acids is 1. The lowest BCUT2D eigenvalue weighted by Crippen LogP contribution is -2.59. The summed E-state index contributed by atoms with van der Waals surface area (Å²) in [5.41, 5.74) is 2.45. The predicted molar refractivity (Wildman–Crippen MR) is 133 cm³/mol. The van der Waals surface area contributed by atoms with E-state index in [1.54, 1.807) is 24.3 Å². The van der Waals surface area contributed by atoms with E-state index in [0.29, 0.717) is 23.4 Å². The number of primary sulfonamides is 1. The number of nitrogens with zero attached hydrogens (tertiary/aromatic N) is 2. The van der Waals surface area contributed by atoms with Gasteiger partial charge in [0, 0.05) is 41.7 Å². The van der Waals surface area contributed by atoms with Gasteiger partial charge in [-0.05, 0) is 43.2 Å². The lowest BCUT2D eigenvalue weighted by molar-refractivity contribution is -0.0361. The summed E-state index contributed by atoms with van der Waals surface area (Å²) in [6.45, 7) is 3.89. The summed E-state index contributed by atoms with van der Waals surface area (Å²) in [6, 6.07) is 11.7. The van der Waals surface area contributed by atoms with Gasteiger partial charge in [-0.2, -0.15) is 5.10 Å². The number of carbonyl (C=O) groups is 1. The number of sulfonamides is 1. The first kappa shape index (κ1) is 23.9. The fraction of sp³-hybridized carbons (Fsp3) is 0.440. The van der Waals surface area contributed by atoms with Crippen molar-refractivity contribution in [3.8, 4) is 11.3 Å². The number of fused-ring (bicyclic) bond motifs is 1. The Morgan fingerprint density at radius 3 is 2.63 bits per heavy atom. The molecular formula is C25H31N5O4S. The van der Waals surface area contributed by atoms with Crippen LogP contribution in [-0.2, 0) is 14.8 Å². The van der Waals surface area contributed by atoms with Crippen molar-refractivity contribution in [2.24, 2.45) is 5.14 Å². The summed E-state index contributed by atoms with van der Waals surface area (Å²) in [5.74, 6) is -0.129. The van der Waals surface area contributed by atoms with E-state index in [-0.39, 0.29) is 16.3 Å². The molecule has 1 aliphatic heterocycles. The molecule has 2 aromatic carbocycles. The minimum Gasteiger partial charge on any atom is -0.379 e. The van der Waals surface area contributed by atoms with Crippen LogP contribution in [0.2, 0.25) is 0 Å². The van der Waals surface area contributed by atoms with Crippen LogP contribution in [0.4, 0.5) is 0 Å². The number of nitrogens with two attached hydrogens (primary N) is 1.